The topological polar surface area (TPSA) is 34.8 Å². The van der Waals surface area contributed by atoms with Gasteiger partial charge in [-0.15, -0.1) is 0 Å². The summed E-state index contributed by atoms with van der Waals surface area (Å²) in [5.41, 5.74) is 6.44. The van der Waals surface area contributed by atoms with Crippen molar-refractivity contribution in [3.8, 4) is 11.3 Å². The first-order valence-electron chi connectivity index (χ1n) is 13.2. The van der Waals surface area contributed by atoms with Crippen LogP contribution in [0.4, 0.5) is 8.78 Å². The van der Waals surface area contributed by atoms with Crippen LogP contribution < -0.4 is 5.32 Å². The number of rotatable bonds is 9. The molecule has 0 aliphatic heterocycles. The van der Waals surface area contributed by atoms with Crippen LogP contribution in [-0.2, 0) is 20.0 Å². The predicted octanol–water partition coefficient (Wildman–Crippen LogP) is 7.86. The molecule has 38 heavy (non-hydrogen) atoms. The fourth-order valence-corrected chi connectivity index (χ4v) is 5.29. The Morgan fingerprint density at radius 2 is 1.76 bits per heavy atom. The summed E-state index contributed by atoms with van der Waals surface area (Å²) in [6.07, 6.45) is 3.02. The smallest absolute Gasteiger partial charge is 0.128 e. The van der Waals surface area contributed by atoms with Crippen LogP contribution in [0.2, 0.25) is 5.02 Å². The van der Waals surface area contributed by atoms with Gasteiger partial charge in [0.05, 0.1) is 41.2 Å². The van der Waals surface area contributed by atoms with Crippen molar-refractivity contribution in [2.75, 3.05) is 19.8 Å². The Bertz CT molecular complexity index is 1540. The van der Waals surface area contributed by atoms with E-state index in [2.05, 4.69) is 34.0 Å². The van der Waals surface area contributed by atoms with Crippen molar-refractivity contribution in [2.24, 2.45) is 7.05 Å². The van der Waals surface area contributed by atoms with Crippen LogP contribution in [0.25, 0.3) is 33.1 Å². The molecule has 0 amide bonds. The van der Waals surface area contributed by atoms with E-state index in [1.165, 1.54) is 0 Å². The van der Waals surface area contributed by atoms with Crippen molar-refractivity contribution < 1.29 is 8.78 Å². The molecule has 1 N–H and O–H groups in total. The maximum Gasteiger partial charge on any atom is 0.128 e. The minimum Gasteiger partial charge on any atom is -0.335 e. The van der Waals surface area contributed by atoms with Gasteiger partial charge >= 0.3 is 0 Å². The highest BCUT2D eigenvalue weighted by molar-refractivity contribution is 6.40. The number of nitrogens with zero attached hydrogens (tertiary/aromatic N) is 3. The Morgan fingerprint density at radius 1 is 1.00 bits per heavy atom. The molecule has 5 rings (SSSR count). The van der Waals surface area contributed by atoms with Crippen molar-refractivity contribution in [3.63, 3.8) is 0 Å². The van der Waals surface area contributed by atoms with Crippen LogP contribution in [0.5, 0.6) is 0 Å². The number of aryl methyl sites for hydroxylation is 2. The van der Waals surface area contributed by atoms with Crippen LogP contribution in [-0.4, -0.2) is 34.1 Å². The van der Waals surface area contributed by atoms with Gasteiger partial charge in [-0.05, 0) is 62.2 Å². The predicted molar refractivity (Wildman–Crippen MR) is 155 cm³/mol. The highest BCUT2D eigenvalue weighted by Gasteiger charge is 2.22. The van der Waals surface area contributed by atoms with E-state index in [9.17, 15) is 4.39 Å². The molecule has 0 bridgehead atoms. The van der Waals surface area contributed by atoms with E-state index in [1.807, 2.05) is 68.2 Å². The first-order chi connectivity index (χ1) is 18.5. The molecule has 0 fully saturated rings. The lowest BCUT2D eigenvalue weighted by Crippen LogP contribution is -2.19. The average molecular weight is 537 g/mol. The zero-order valence-electron chi connectivity index (χ0n) is 22.5. The SMILES string of the molecule is CC.Cc1ccccc1-c1c(Cl)c2c3cnn(C)c3ccc2n1Cc1ccc(CCNCCCF)cc1F. The maximum atomic E-state index is 15.3. The molecule has 3 aromatic carbocycles. The van der Waals surface area contributed by atoms with Crippen LogP contribution in [0.15, 0.2) is 60.8 Å². The third-order valence-corrected chi connectivity index (χ3v) is 7.19. The molecule has 5 aromatic rings. The van der Waals surface area contributed by atoms with Gasteiger partial charge in [-0.2, -0.15) is 5.10 Å². The number of halogens is 3. The van der Waals surface area contributed by atoms with Gasteiger partial charge in [0, 0.05) is 28.9 Å². The van der Waals surface area contributed by atoms with Gasteiger partial charge in [0.1, 0.15) is 5.82 Å². The van der Waals surface area contributed by atoms with E-state index in [0.29, 0.717) is 43.1 Å². The summed E-state index contributed by atoms with van der Waals surface area (Å²) in [4.78, 5) is 0. The number of benzene rings is 3. The number of fused-ring (bicyclic) bond motifs is 3. The Hall–Kier alpha value is -3.22. The summed E-state index contributed by atoms with van der Waals surface area (Å²) in [7, 11) is 1.91. The number of alkyl halides is 1. The lowest BCUT2D eigenvalue weighted by Gasteiger charge is -2.15. The van der Waals surface area contributed by atoms with Crippen LogP contribution >= 0.6 is 11.6 Å². The Balaban J connectivity index is 0.00000164. The summed E-state index contributed by atoms with van der Waals surface area (Å²) in [5.74, 6) is -0.243. The standard InChI is InChI=1S/C29H29ClF2N4.C2H6/c1-19-6-3-4-7-22(19)29-28(30)27-23-17-34-35(2)25(23)10-11-26(27)36(29)18-21-9-8-20(16-24(21)32)12-15-33-14-5-13-31;1-2/h3-4,6-11,16-17,33H,5,12-15,18H2,1-2H3;1-2H3. The average Bonchev–Trinajstić information content (AvgIpc) is 3.44. The third kappa shape index (κ3) is 5.47. The van der Waals surface area contributed by atoms with Gasteiger partial charge in [0.25, 0.3) is 0 Å². The summed E-state index contributed by atoms with van der Waals surface area (Å²) in [5, 5.41) is 10.2. The third-order valence-electron chi connectivity index (χ3n) is 6.82. The number of hydrogen-bond donors (Lipinski definition) is 1. The van der Waals surface area contributed by atoms with Gasteiger partial charge in [-0.25, -0.2) is 4.39 Å². The number of nitrogens with one attached hydrogen (secondary N) is 1. The fourth-order valence-electron chi connectivity index (χ4n) is 4.89. The van der Waals surface area contributed by atoms with E-state index in [-0.39, 0.29) is 12.5 Å². The lowest BCUT2D eigenvalue weighted by molar-refractivity contribution is 0.460. The number of aromatic nitrogens is 3. The molecule has 2 aromatic heterocycles. The van der Waals surface area contributed by atoms with Crippen molar-refractivity contribution in [2.45, 2.75) is 40.2 Å². The van der Waals surface area contributed by atoms with E-state index in [1.54, 1.807) is 6.07 Å². The quantitative estimate of drug-likeness (QED) is 0.195. The van der Waals surface area contributed by atoms with E-state index in [4.69, 9.17) is 11.6 Å². The Labute approximate surface area is 228 Å². The minimum atomic E-state index is -0.328. The maximum absolute atomic E-state index is 15.3. The molecule has 0 aliphatic rings. The molecule has 0 radical (unpaired) electrons. The normalized spacial score (nSPS) is 11.2. The molecule has 200 valence electrons. The largest absolute Gasteiger partial charge is 0.335 e. The molecule has 0 aliphatic carbocycles. The molecular formula is C31H35ClF2N4. The van der Waals surface area contributed by atoms with Gasteiger partial charge in [-0.3, -0.25) is 9.07 Å². The molecule has 0 saturated carbocycles. The second-order valence-corrected chi connectivity index (χ2v) is 9.57. The molecule has 4 nitrogen and oxygen atoms in total. The highest BCUT2D eigenvalue weighted by Crippen LogP contribution is 2.42. The van der Waals surface area contributed by atoms with E-state index in [0.717, 1.165) is 44.2 Å². The summed E-state index contributed by atoms with van der Waals surface area (Å²) < 4.78 is 31.5. The second-order valence-electron chi connectivity index (χ2n) is 9.19. The van der Waals surface area contributed by atoms with Crippen LogP contribution in [0.1, 0.15) is 37.0 Å². The van der Waals surface area contributed by atoms with E-state index >= 15 is 4.39 Å². The van der Waals surface area contributed by atoms with Gasteiger partial charge in [0.2, 0.25) is 0 Å². The van der Waals surface area contributed by atoms with Crippen LogP contribution in [0.3, 0.4) is 0 Å². The second kappa shape index (κ2) is 12.5. The molecule has 2 heterocycles. The lowest BCUT2D eigenvalue weighted by atomic mass is 10.0. The van der Waals surface area contributed by atoms with Crippen molar-refractivity contribution in [1.29, 1.82) is 0 Å². The van der Waals surface area contributed by atoms with Gasteiger partial charge in [0.15, 0.2) is 0 Å². The minimum absolute atomic E-state index is 0.243. The van der Waals surface area contributed by atoms with Crippen LogP contribution in [0, 0.1) is 12.7 Å². The molecule has 0 unspecified atom stereocenters. The van der Waals surface area contributed by atoms with Crippen molar-refractivity contribution in [3.05, 3.63) is 88.3 Å². The summed E-state index contributed by atoms with van der Waals surface area (Å²) >= 11 is 7.10. The van der Waals surface area contributed by atoms with Crippen molar-refractivity contribution >= 4 is 33.4 Å². The molecular weight excluding hydrogens is 502 g/mol. The summed E-state index contributed by atoms with van der Waals surface area (Å²) in [6, 6.07) is 17.6. The first kappa shape index (κ1) is 27.8. The molecule has 0 saturated heterocycles. The molecule has 0 spiro atoms. The highest BCUT2D eigenvalue weighted by atomic mass is 35.5. The Kier molecular flexibility index (Phi) is 9.18. The van der Waals surface area contributed by atoms with Gasteiger partial charge in [-0.1, -0.05) is 61.8 Å². The van der Waals surface area contributed by atoms with Crippen molar-refractivity contribution in [1.82, 2.24) is 19.7 Å². The zero-order chi connectivity index (χ0) is 27.2. The molecule has 0 atom stereocenters. The number of hydrogen-bond acceptors (Lipinski definition) is 2. The summed E-state index contributed by atoms with van der Waals surface area (Å²) in [6.45, 7) is 7.40. The van der Waals surface area contributed by atoms with Gasteiger partial charge < -0.3 is 9.88 Å². The monoisotopic (exact) mass is 536 g/mol. The first-order valence-corrected chi connectivity index (χ1v) is 13.6. The van der Waals surface area contributed by atoms with E-state index < -0.39 is 0 Å². The Morgan fingerprint density at radius 3 is 2.50 bits per heavy atom. The molecule has 7 heteroatoms. The zero-order valence-corrected chi connectivity index (χ0v) is 23.2. The fraction of sp³-hybridized carbons (Fsp3) is 0.323.